The topological polar surface area (TPSA) is 242 Å². The van der Waals surface area contributed by atoms with E-state index in [-0.39, 0.29) is 106 Å². The van der Waals surface area contributed by atoms with Crippen LogP contribution in [0.5, 0.6) is 34.9 Å². The average Bonchev–Trinajstić information content (AvgIpc) is 1.50. The van der Waals surface area contributed by atoms with Crippen LogP contribution in [0.25, 0.3) is 0 Å². The van der Waals surface area contributed by atoms with E-state index in [9.17, 15) is 61.8 Å². The monoisotopic (exact) mass is 1830 g/mol. The molecular formula is C84H76Br3Cl3F6N6O13. The van der Waals surface area contributed by atoms with Gasteiger partial charge in [0.25, 0.3) is 0 Å². The molecule has 19 nitrogen and oxygen atoms in total. The van der Waals surface area contributed by atoms with E-state index in [1.165, 1.54) is 44.4 Å². The van der Waals surface area contributed by atoms with Crippen LogP contribution in [0.3, 0.4) is 0 Å². The minimum atomic E-state index is -2.56. The van der Waals surface area contributed by atoms with Crippen molar-refractivity contribution in [1.82, 2.24) is 29.7 Å². The zero-order valence-electron chi connectivity index (χ0n) is 61.4. The first-order valence-corrected chi connectivity index (χ1v) is 40.6. The van der Waals surface area contributed by atoms with Crippen molar-refractivity contribution in [3.63, 3.8) is 0 Å². The zero-order valence-corrected chi connectivity index (χ0v) is 68.4. The number of rotatable bonds is 17. The maximum absolute atomic E-state index is 14.0. The Morgan fingerprint density at radius 3 is 1.02 bits per heavy atom. The number of pyridine rings is 3. The van der Waals surface area contributed by atoms with Gasteiger partial charge in [0, 0.05) is 125 Å². The standard InChI is InChI=1S/C28H24BrClF2N2O5.2C28H26BrClF2N2O4/c1-38-25-22-18(11-19(30)33-25)39-28(16-7-9-17(29)10-8-16)21(14-5-3-2-4-6-14)20(23(35)27(22,28)37)26(36)34-12-15(13-34)24(31)32;2*1-37-26-23-20(11-21(30)33-26)38-28(17-7-9-18(29)10-8-17)22(15-5-3-2-4-6-15)19(24(35)27(23,28)36)14-34-12-16(13-34)25(31)32/h2-11,15,20-21,23-24,35,37H,12-13H2,1H3;2*2-11,16,19,22,24-25,35-36H,12-14H2,1H3/t20-,21-,23-,27+,28+;2*19-,22-,24-,27+,28+/m111/s1. The van der Waals surface area contributed by atoms with Gasteiger partial charge in [0.15, 0.2) is 33.6 Å². The van der Waals surface area contributed by atoms with Gasteiger partial charge in [-0.15, -0.1) is 0 Å². The van der Waals surface area contributed by atoms with Crippen LogP contribution >= 0.6 is 82.6 Å². The number of aromatic nitrogens is 3. The van der Waals surface area contributed by atoms with Crippen LogP contribution in [-0.4, -0.2) is 177 Å². The SMILES string of the molecule is COc1nc(Cl)cc2c1[C@]1(O)[C@H](O)[C@H](C(=O)N3CC(C(F)F)C3)[C@@H](c3ccccc3)[C@]1(c1ccc(Br)cc1)O2.COc1nc(Cl)cc2c1[C@]1(O)[C@H](O)[C@H](CN3CC(C(F)F)C3)[C@@H](c3ccccc3)[C@]1(c1ccc(Br)cc1)O2.COc1nc(Cl)cc2c1[C@]1(O)[C@H](O)[C@H](CN3CC(C(F)F)C3)[C@@H](c3ccccc3)[C@]1(c1ccc(Br)cc1)O2. The molecule has 115 heavy (non-hydrogen) atoms. The Morgan fingerprint density at radius 1 is 0.443 bits per heavy atom. The number of aliphatic hydroxyl groups excluding tert-OH is 3. The summed E-state index contributed by atoms with van der Waals surface area (Å²) in [5.74, 6) is -6.57. The van der Waals surface area contributed by atoms with Gasteiger partial charge >= 0.3 is 0 Å². The molecule has 3 aromatic heterocycles. The maximum Gasteiger partial charge on any atom is 0.244 e. The molecule has 6 aliphatic heterocycles. The van der Waals surface area contributed by atoms with Crippen LogP contribution in [0.15, 0.2) is 195 Å². The molecule has 0 unspecified atom stereocenters. The molecule has 9 aromatic rings. The van der Waals surface area contributed by atoms with E-state index in [1.807, 2.05) is 125 Å². The quantitative estimate of drug-likeness (QED) is 0.0367. The molecule has 18 rings (SSSR count). The van der Waals surface area contributed by atoms with Crippen molar-refractivity contribution in [1.29, 1.82) is 0 Å². The lowest BCUT2D eigenvalue weighted by Crippen LogP contribution is -2.56. The van der Waals surface area contributed by atoms with Crippen molar-refractivity contribution in [2.24, 2.45) is 35.5 Å². The predicted molar refractivity (Wildman–Crippen MR) is 422 cm³/mol. The number of carbonyl (C=O) groups is 1. The minimum Gasteiger partial charge on any atom is -0.481 e. The highest BCUT2D eigenvalue weighted by molar-refractivity contribution is 9.11. The van der Waals surface area contributed by atoms with Gasteiger partial charge < -0.3 is 73.8 Å². The lowest BCUT2D eigenvalue weighted by atomic mass is 9.70. The summed E-state index contributed by atoms with van der Waals surface area (Å²) in [6, 6.07) is 54.3. The summed E-state index contributed by atoms with van der Waals surface area (Å²) in [6.07, 6.45) is -11.8. The number of likely N-dealkylation sites (tertiary alicyclic amines) is 3. The summed E-state index contributed by atoms with van der Waals surface area (Å²) in [5.41, 5.74) is -6.36. The van der Waals surface area contributed by atoms with E-state index in [0.29, 0.717) is 35.3 Å². The molecule has 3 saturated carbocycles. The van der Waals surface area contributed by atoms with Crippen molar-refractivity contribution in [2.45, 2.75) is 88.9 Å². The number of hydrogen-bond donors (Lipinski definition) is 6. The van der Waals surface area contributed by atoms with E-state index in [4.69, 9.17) is 63.2 Å². The molecule has 604 valence electrons. The first kappa shape index (κ1) is 81.4. The number of nitrogens with zero attached hydrogens (tertiary/aromatic N) is 6. The van der Waals surface area contributed by atoms with Crippen LogP contribution in [0, 0.1) is 35.5 Å². The Kier molecular flexibility index (Phi) is 22.0. The molecule has 0 radical (unpaired) electrons. The van der Waals surface area contributed by atoms with E-state index in [1.54, 1.807) is 48.5 Å². The fourth-order valence-corrected chi connectivity index (χ4v) is 21.1. The maximum atomic E-state index is 14.0. The van der Waals surface area contributed by atoms with Gasteiger partial charge in [0.1, 0.15) is 38.8 Å². The molecule has 31 heteroatoms. The van der Waals surface area contributed by atoms with E-state index in [0.717, 1.165) is 24.5 Å². The van der Waals surface area contributed by atoms with Gasteiger partial charge in [0.2, 0.25) is 42.8 Å². The molecule has 9 aliphatic rings. The van der Waals surface area contributed by atoms with Crippen molar-refractivity contribution in [2.75, 3.05) is 73.7 Å². The largest absolute Gasteiger partial charge is 0.481 e. The number of benzene rings is 6. The number of carbonyl (C=O) groups excluding carboxylic acids is 1. The van der Waals surface area contributed by atoms with Crippen molar-refractivity contribution in [3.8, 4) is 34.9 Å². The first-order valence-electron chi connectivity index (χ1n) is 37.1. The number of aliphatic hydroxyl groups is 6. The van der Waals surface area contributed by atoms with E-state index < -0.39 is 130 Å². The average molecular weight is 1840 g/mol. The Hall–Kier alpha value is -7.39. The van der Waals surface area contributed by atoms with Gasteiger partial charge in [0.05, 0.1) is 62.1 Å². The highest BCUT2D eigenvalue weighted by Gasteiger charge is 2.81. The third kappa shape index (κ3) is 12.7. The molecule has 15 atom stereocenters. The fraction of sp³-hybridized carbons (Fsp3) is 0.381. The van der Waals surface area contributed by atoms with Gasteiger partial charge in [-0.1, -0.05) is 210 Å². The third-order valence-electron chi connectivity index (χ3n) is 24.7. The Labute approximate surface area is 697 Å². The smallest absolute Gasteiger partial charge is 0.244 e. The second kappa shape index (κ2) is 31.1. The van der Waals surface area contributed by atoms with Crippen molar-refractivity contribution >= 4 is 88.5 Å². The van der Waals surface area contributed by atoms with Gasteiger partial charge in [-0.2, -0.15) is 0 Å². The highest BCUT2D eigenvalue weighted by atomic mass is 79.9. The van der Waals surface area contributed by atoms with Crippen LogP contribution < -0.4 is 28.4 Å². The van der Waals surface area contributed by atoms with Crippen LogP contribution in [-0.2, 0) is 38.4 Å². The molecular weight excluding hydrogens is 1760 g/mol. The van der Waals surface area contributed by atoms with Crippen LogP contribution in [0.1, 0.15) is 67.8 Å². The first-order chi connectivity index (χ1) is 55.0. The van der Waals surface area contributed by atoms with Gasteiger partial charge in [-0.05, 0) is 69.8 Å². The summed E-state index contributed by atoms with van der Waals surface area (Å²) < 4.78 is 119. The molecule has 3 aliphatic carbocycles. The Bertz CT molecular complexity index is 4910. The predicted octanol–water partition coefficient (Wildman–Crippen LogP) is 14.4. The second-order valence-electron chi connectivity index (χ2n) is 30.6. The number of alkyl halides is 6. The number of ether oxygens (including phenoxy) is 6. The van der Waals surface area contributed by atoms with Crippen LogP contribution in [0.2, 0.25) is 15.5 Å². The van der Waals surface area contributed by atoms with Crippen LogP contribution in [0.4, 0.5) is 26.3 Å². The Balaban J connectivity index is 0.000000130. The Morgan fingerprint density at radius 2 is 0.722 bits per heavy atom. The molecule has 9 heterocycles. The van der Waals surface area contributed by atoms with Crippen molar-refractivity contribution in [3.05, 3.63) is 261 Å². The second-order valence-corrected chi connectivity index (χ2v) is 34.5. The minimum absolute atomic E-state index is 0.0529. The van der Waals surface area contributed by atoms with E-state index >= 15 is 0 Å². The number of methoxy groups -OCH3 is 3. The molecule has 6 fully saturated rings. The number of amides is 1. The van der Waals surface area contributed by atoms with Crippen molar-refractivity contribution < 1.29 is 90.2 Å². The fourth-order valence-electron chi connectivity index (χ4n) is 19.8. The summed E-state index contributed by atoms with van der Waals surface area (Å²) in [4.78, 5) is 31.9. The normalized spacial score (nSPS) is 30.2. The third-order valence-corrected chi connectivity index (χ3v) is 26.9. The van der Waals surface area contributed by atoms with E-state index in [2.05, 4.69) is 62.7 Å². The van der Waals surface area contributed by atoms with Gasteiger partial charge in [-0.3, -0.25) is 4.79 Å². The summed E-state index contributed by atoms with van der Waals surface area (Å²) in [7, 11) is 4.19. The molecule has 0 bridgehead atoms. The van der Waals surface area contributed by atoms with Gasteiger partial charge in [-0.25, -0.2) is 41.3 Å². The summed E-state index contributed by atoms with van der Waals surface area (Å²) >= 11 is 29.2. The molecule has 0 spiro atoms. The number of hydrogen-bond acceptors (Lipinski definition) is 18. The molecule has 6 aromatic carbocycles. The lowest BCUT2D eigenvalue weighted by molar-refractivity contribution is -0.161. The highest BCUT2D eigenvalue weighted by Crippen LogP contribution is 2.74. The number of fused-ring (bicyclic) bond motifs is 9. The molecule has 1 amide bonds. The number of halogens is 12. The lowest BCUT2D eigenvalue weighted by Gasteiger charge is -2.43. The molecule has 6 N–H and O–H groups in total. The summed E-state index contributed by atoms with van der Waals surface area (Å²) in [5, 5.41) is 74.8. The molecule has 3 saturated heterocycles. The zero-order chi connectivity index (χ0) is 81.3. The summed E-state index contributed by atoms with van der Waals surface area (Å²) in [6.45, 7) is 1.23.